The van der Waals surface area contributed by atoms with Gasteiger partial charge >= 0.3 is 8.03 Å². The maximum Gasteiger partial charge on any atom is 0.504 e. The zero-order chi connectivity index (χ0) is 22.3. The minimum absolute atomic E-state index is 0.251. The molecule has 0 aliphatic carbocycles. The van der Waals surface area contributed by atoms with Crippen LogP contribution in [0.2, 0.25) is 0 Å². The van der Waals surface area contributed by atoms with Gasteiger partial charge in [-0.15, -0.1) is 4.52 Å². The van der Waals surface area contributed by atoms with Gasteiger partial charge in [-0.1, -0.05) is 0 Å². The summed E-state index contributed by atoms with van der Waals surface area (Å²) in [5, 5.41) is 0. The number of hydrogen-bond acceptors (Lipinski definition) is 8. The van der Waals surface area contributed by atoms with Gasteiger partial charge in [0, 0.05) is 59.5 Å². The van der Waals surface area contributed by atoms with Crippen LogP contribution in [-0.2, 0) is 37.5 Å². The van der Waals surface area contributed by atoms with Crippen molar-refractivity contribution in [3.63, 3.8) is 0 Å². The highest BCUT2D eigenvalue weighted by Crippen LogP contribution is 2.27. The van der Waals surface area contributed by atoms with Gasteiger partial charge in [0.05, 0.1) is 25.2 Å². The molecule has 0 saturated heterocycles. The smallest absolute Gasteiger partial charge is 0.382 e. The van der Waals surface area contributed by atoms with Gasteiger partial charge in [-0.25, -0.2) is 0 Å². The minimum atomic E-state index is -1.72. The second-order valence-corrected chi connectivity index (χ2v) is 8.16. The van der Waals surface area contributed by atoms with Crippen LogP contribution in [0.4, 0.5) is 0 Å². The number of rotatable bonds is 24. The summed E-state index contributed by atoms with van der Waals surface area (Å²) < 4.78 is 50.8. The molecule has 0 aromatic carbocycles. The van der Waals surface area contributed by atoms with Crippen molar-refractivity contribution in [2.24, 2.45) is 5.41 Å². The van der Waals surface area contributed by atoms with Crippen LogP contribution in [0, 0.1) is 5.41 Å². The monoisotopic (exact) mass is 455 g/mol. The van der Waals surface area contributed by atoms with Gasteiger partial charge in [-0.3, -0.25) is 0 Å². The molecule has 0 heterocycles. The highest BCUT2D eigenvalue weighted by molar-refractivity contribution is 7.38. The predicted molar refractivity (Wildman–Crippen MR) is 118 cm³/mol. The molecule has 0 saturated carbocycles. The third-order valence-corrected chi connectivity index (χ3v) is 4.61. The molecular formula is C21H44O8P+. The zero-order valence-corrected chi connectivity index (χ0v) is 20.4. The molecule has 0 radical (unpaired) electrons. The number of hydrogen-bond donors (Lipinski definition) is 0. The van der Waals surface area contributed by atoms with Crippen LogP contribution >= 0.6 is 8.03 Å². The molecule has 1 atom stereocenters. The van der Waals surface area contributed by atoms with Crippen LogP contribution in [0.15, 0.2) is 0 Å². The molecule has 30 heavy (non-hydrogen) atoms. The van der Waals surface area contributed by atoms with Gasteiger partial charge in [0.1, 0.15) is 6.61 Å². The average molecular weight is 456 g/mol. The summed E-state index contributed by atoms with van der Waals surface area (Å²) in [6.07, 6.45) is 2.45. The van der Waals surface area contributed by atoms with Gasteiger partial charge in [-0.05, 0) is 44.6 Å². The Bertz CT molecular complexity index is 343. The second kappa shape index (κ2) is 22.0. The molecule has 0 N–H and O–H groups in total. The summed E-state index contributed by atoms with van der Waals surface area (Å²) in [5.41, 5.74) is -0.524. The zero-order valence-electron chi connectivity index (χ0n) is 19.5. The van der Waals surface area contributed by atoms with E-state index in [-0.39, 0.29) is 6.61 Å². The summed E-state index contributed by atoms with van der Waals surface area (Å²) in [5.74, 6) is 0. The highest BCUT2D eigenvalue weighted by atomic mass is 31.1. The van der Waals surface area contributed by atoms with Crippen molar-refractivity contribution in [3.05, 3.63) is 0 Å². The van der Waals surface area contributed by atoms with Crippen LogP contribution in [0.25, 0.3) is 0 Å². The van der Waals surface area contributed by atoms with Crippen molar-refractivity contribution in [1.82, 2.24) is 0 Å². The fraction of sp³-hybridized carbons (Fsp3) is 1.00. The van der Waals surface area contributed by atoms with E-state index in [1.54, 1.807) is 6.66 Å². The van der Waals surface area contributed by atoms with Crippen LogP contribution in [0.5, 0.6) is 0 Å². The topological polar surface area (TPSA) is 81.7 Å². The lowest BCUT2D eigenvalue weighted by atomic mass is 9.92. The van der Waals surface area contributed by atoms with Crippen LogP contribution in [0.1, 0.15) is 40.0 Å². The Morgan fingerprint density at radius 1 is 0.567 bits per heavy atom. The van der Waals surface area contributed by atoms with Crippen molar-refractivity contribution >= 4 is 8.03 Å². The molecule has 0 aliphatic rings. The summed E-state index contributed by atoms with van der Waals surface area (Å²) in [7, 11) is -1.72. The van der Waals surface area contributed by atoms with E-state index in [1.165, 1.54) is 0 Å². The van der Waals surface area contributed by atoms with Crippen molar-refractivity contribution in [2.45, 2.75) is 40.0 Å². The first kappa shape index (κ1) is 29.8. The molecule has 0 aromatic heterocycles. The Morgan fingerprint density at radius 2 is 0.900 bits per heavy atom. The molecule has 9 heteroatoms. The predicted octanol–water partition coefficient (Wildman–Crippen LogP) is 3.69. The highest BCUT2D eigenvalue weighted by Gasteiger charge is 2.35. The Labute approximate surface area is 184 Å². The largest absolute Gasteiger partial charge is 0.504 e. The molecule has 0 aliphatic heterocycles. The van der Waals surface area contributed by atoms with Crippen molar-refractivity contribution in [3.8, 4) is 0 Å². The summed E-state index contributed by atoms with van der Waals surface area (Å²) >= 11 is 0. The standard InChI is InChI=1S/C21H44O8P/c1-5-23-11-8-14-26-17-21(20-29-30(4)22,18-27-15-9-12-24-6-2)19-28-16-10-13-25-7-3/h5-20H2,1-4H3/q+1. The van der Waals surface area contributed by atoms with Gasteiger partial charge in [-0.2, -0.15) is 0 Å². The molecule has 0 rings (SSSR count). The summed E-state index contributed by atoms with van der Waals surface area (Å²) in [4.78, 5) is 0. The van der Waals surface area contributed by atoms with E-state index in [0.717, 1.165) is 19.3 Å². The fourth-order valence-electron chi connectivity index (χ4n) is 2.57. The van der Waals surface area contributed by atoms with E-state index < -0.39 is 13.4 Å². The van der Waals surface area contributed by atoms with Gasteiger partial charge in [0.15, 0.2) is 6.66 Å². The lowest BCUT2D eigenvalue weighted by molar-refractivity contribution is -0.0912. The van der Waals surface area contributed by atoms with E-state index in [2.05, 4.69) is 0 Å². The van der Waals surface area contributed by atoms with Crippen LogP contribution in [-0.4, -0.2) is 92.6 Å². The molecule has 8 nitrogen and oxygen atoms in total. The Morgan fingerprint density at radius 3 is 1.20 bits per heavy atom. The first-order chi connectivity index (χ1) is 14.6. The molecule has 0 fully saturated rings. The number of ether oxygens (including phenoxy) is 6. The average Bonchev–Trinajstić information content (AvgIpc) is 2.74. The molecule has 0 bridgehead atoms. The molecule has 0 amide bonds. The normalized spacial score (nSPS) is 12.5. The lowest BCUT2D eigenvalue weighted by Crippen LogP contribution is -2.41. The van der Waals surface area contributed by atoms with Crippen molar-refractivity contribution in [1.29, 1.82) is 0 Å². The van der Waals surface area contributed by atoms with Gasteiger partial charge in [0.25, 0.3) is 0 Å². The first-order valence-corrected chi connectivity index (χ1v) is 12.7. The second-order valence-electron chi connectivity index (χ2n) is 7.02. The van der Waals surface area contributed by atoms with Gasteiger partial charge < -0.3 is 28.4 Å². The fourth-order valence-corrected chi connectivity index (χ4v) is 3.02. The third kappa shape index (κ3) is 18.6. The minimum Gasteiger partial charge on any atom is -0.382 e. The summed E-state index contributed by atoms with van der Waals surface area (Å²) in [6, 6.07) is 0. The SMILES string of the molecule is CCOCCCOCC(COCCCOCC)(COCCCOCC)CO[P+](C)=O. The Kier molecular flexibility index (Phi) is 21.9. The van der Waals surface area contributed by atoms with E-state index in [0.29, 0.717) is 79.3 Å². The first-order valence-electron chi connectivity index (χ1n) is 11.1. The van der Waals surface area contributed by atoms with Crippen LogP contribution < -0.4 is 0 Å². The summed E-state index contributed by atoms with van der Waals surface area (Å²) in [6.45, 7) is 14.8. The third-order valence-electron chi connectivity index (χ3n) is 4.12. The molecular weight excluding hydrogens is 411 g/mol. The van der Waals surface area contributed by atoms with Crippen LogP contribution in [0.3, 0.4) is 0 Å². The maximum absolute atomic E-state index is 11.6. The molecule has 180 valence electrons. The molecule has 1 unspecified atom stereocenters. The molecule has 0 spiro atoms. The Hall–Kier alpha value is -0.180. The maximum atomic E-state index is 11.6. The molecule has 0 aromatic rings. The Balaban J connectivity index is 4.68. The van der Waals surface area contributed by atoms with Crippen molar-refractivity contribution < 1.29 is 37.5 Å². The quantitative estimate of drug-likeness (QED) is 0.161. The van der Waals surface area contributed by atoms with Crippen molar-refractivity contribution in [2.75, 3.05) is 92.6 Å². The van der Waals surface area contributed by atoms with E-state index in [9.17, 15) is 4.57 Å². The van der Waals surface area contributed by atoms with E-state index in [4.69, 9.17) is 32.9 Å². The van der Waals surface area contributed by atoms with E-state index >= 15 is 0 Å². The lowest BCUT2D eigenvalue weighted by Gasteiger charge is -2.31. The van der Waals surface area contributed by atoms with E-state index in [1.807, 2.05) is 20.8 Å². The van der Waals surface area contributed by atoms with Gasteiger partial charge in [0.2, 0.25) is 0 Å².